The van der Waals surface area contributed by atoms with Crippen LogP contribution in [-0.4, -0.2) is 56.2 Å². The van der Waals surface area contributed by atoms with Crippen molar-refractivity contribution in [3.63, 3.8) is 0 Å². The van der Waals surface area contributed by atoms with Crippen molar-refractivity contribution in [3.8, 4) is 0 Å². The molecule has 2 amide bonds. The number of benzene rings is 3. The summed E-state index contributed by atoms with van der Waals surface area (Å²) in [6.45, 7) is -0.856. The maximum Gasteiger partial charge on any atom is 0.329 e. The zero-order valence-corrected chi connectivity index (χ0v) is 21.3. The first-order valence-electron chi connectivity index (χ1n) is 12.5. The molecule has 0 saturated carbocycles. The number of hydrogen-bond acceptors (Lipinski definition) is 6. The van der Waals surface area contributed by atoms with Gasteiger partial charge in [-0.1, -0.05) is 72.8 Å². The number of hydrogen-bond donors (Lipinski definition) is 5. The molecule has 0 radical (unpaired) electrons. The minimum atomic E-state index is -1.59. The number of fused-ring (bicyclic) bond motifs is 1. The normalized spacial score (nSPS) is 13.2. The molecule has 11 nitrogen and oxygen atoms in total. The van der Waals surface area contributed by atoms with Crippen LogP contribution in [-0.2, 0) is 27.2 Å². The molecule has 4 rings (SSSR count). The van der Waals surface area contributed by atoms with E-state index in [1.165, 1.54) is 6.07 Å². The number of rotatable bonds is 11. The van der Waals surface area contributed by atoms with Gasteiger partial charge in [0.05, 0.1) is 17.5 Å². The SMILES string of the molecule is O=C(O)C(CO)NC(=O)C(Cc1ccccc1)NC(=O)C(Cc1ccccc1)n1c(=O)[nH]c2ccccc2c1=O. The Labute approximate surface area is 228 Å². The molecular weight excluding hydrogens is 516 g/mol. The minimum Gasteiger partial charge on any atom is -0.480 e. The van der Waals surface area contributed by atoms with E-state index in [2.05, 4.69) is 15.6 Å². The molecule has 11 heteroatoms. The minimum absolute atomic E-state index is 0.0167. The van der Waals surface area contributed by atoms with Gasteiger partial charge >= 0.3 is 11.7 Å². The van der Waals surface area contributed by atoms with Crippen LogP contribution in [0, 0.1) is 0 Å². The number of para-hydroxylation sites is 1. The number of aromatic amines is 1. The highest BCUT2D eigenvalue weighted by Gasteiger charge is 2.31. The number of amides is 2. The van der Waals surface area contributed by atoms with Crippen LogP contribution in [0.2, 0.25) is 0 Å². The Balaban J connectivity index is 1.74. The third-order valence-corrected chi connectivity index (χ3v) is 6.44. The van der Waals surface area contributed by atoms with Crippen LogP contribution < -0.4 is 21.9 Å². The second-order valence-corrected chi connectivity index (χ2v) is 9.19. The Bertz CT molecular complexity index is 1620. The highest BCUT2D eigenvalue weighted by atomic mass is 16.4. The summed E-state index contributed by atoms with van der Waals surface area (Å²) in [5.41, 5.74) is 0.176. The number of carboxylic acids is 1. The van der Waals surface area contributed by atoms with Crippen LogP contribution in [0.3, 0.4) is 0 Å². The molecule has 1 aromatic heterocycles. The number of nitrogens with one attached hydrogen (secondary N) is 3. The van der Waals surface area contributed by atoms with Gasteiger partial charge in [-0.15, -0.1) is 0 Å². The lowest BCUT2D eigenvalue weighted by molar-refractivity contribution is -0.143. The van der Waals surface area contributed by atoms with E-state index >= 15 is 0 Å². The fourth-order valence-electron chi connectivity index (χ4n) is 4.38. The predicted molar refractivity (Wildman–Crippen MR) is 147 cm³/mol. The van der Waals surface area contributed by atoms with Gasteiger partial charge in [-0.05, 0) is 23.3 Å². The van der Waals surface area contributed by atoms with E-state index in [4.69, 9.17) is 0 Å². The topological polar surface area (TPSA) is 171 Å². The quantitative estimate of drug-likeness (QED) is 0.186. The molecule has 0 fully saturated rings. The molecule has 3 unspecified atom stereocenters. The molecule has 1 heterocycles. The van der Waals surface area contributed by atoms with Gasteiger partial charge in [-0.3, -0.25) is 14.4 Å². The van der Waals surface area contributed by atoms with E-state index in [9.17, 15) is 34.2 Å². The number of aliphatic carboxylic acids is 1. The van der Waals surface area contributed by atoms with Gasteiger partial charge in [0.2, 0.25) is 11.8 Å². The van der Waals surface area contributed by atoms with E-state index in [0.717, 1.165) is 4.57 Å². The monoisotopic (exact) mass is 544 g/mol. The summed E-state index contributed by atoms with van der Waals surface area (Å²) in [5, 5.41) is 23.7. The number of carbonyl (C=O) groups is 3. The van der Waals surface area contributed by atoms with Crippen LogP contribution in [0.15, 0.2) is 94.5 Å². The smallest absolute Gasteiger partial charge is 0.329 e. The lowest BCUT2D eigenvalue weighted by atomic mass is 10.0. The van der Waals surface area contributed by atoms with E-state index in [1.807, 2.05) is 0 Å². The Morgan fingerprint density at radius 2 is 1.30 bits per heavy atom. The molecule has 3 atom stereocenters. The maximum atomic E-state index is 13.8. The third kappa shape index (κ3) is 6.51. The predicted octanol–water partition coefficient (Wildman–Crippen LogP) is 0.763. The fraction of sp³-hybridized carbons (Fsp3) is 0.207. The van der Waals surface area contributed by atoms with Crippen molar-refractivity contribution in [2.24, 2.45) is 0 Å². The van der Waals surface area contributed by atoms with Crippen LogP contribution in [0.25, 0.3) is 10.9 Å². The van der Waals surface area contributed by atoms with Crippen molar-refractivity contribution in [3.05, 3.63) is 117 Å². The highest BCUT2D eigenvalue weighted by molar-refractivity contribution is 5.92. The Morgan fingerprint density at radius 3 is 1.90 bits per heavy atom. The molecule has 0 aliphatic heterocycles. The zero-order valence-electron chi connectivity index (χ0n) is 21.3. The number of carbonyl (C=O) groups excluding carboxylic acids is 2. The average Bonchev–Trinajstić information content (AvgIpc) is 2.95. The maximum absolute atomic E-state index is 13.8. The molecule has 0 aliphatic carbocycles. The Hall–Kier alpha value is -5.03. The van der Waals surface area contributed by atoms with E-state index in [-0.39, 0.29) is 18.2 Å². The number of aliphatic hydroxyl groups is 1. The van der Waals surface area contributed by atoms with Crippen molar-refractivity contribution in [1.82, 2.24) is 20.2 Å². The van der Waals surface area contributed by atoms with Gasteiger partial charge < -0.3 is 25.8 Å². The van der Waals surface area contributed by atoms with E-state index in [0.29, 0.717) is 16.6 Å². The first-order valence-corrected chi connectivity index (χ1v) is 12.5. The Kier molecular flexibility index (Phi) is 8.87. The van der Waals surface area contributed by atoms with Crippen molar-refractivity contribution in [2.45, 2.75) is 31.0 Å². The number of nitrogens with zero attached hydrogens (tertiary/aromatic N) is 1. The second-order valence-electron chi connectivity index (χ2n) is 9.19. The lowest BCUT2D eigenvalue weighted by Gasteiger charge is -2.24. The summed E-state index contributed by atoms with van der Waals surface area (Å²) in [5.74, 6) is -3.09. The molecule has 4 aromatic rings. The molecule has 40 heavy (non-hydrogen) atoms. The van der Waals surface area contributed by atoms with Crippen LogP contribution in [0.4, 0.5) is 0 Å². The zero-order chi connectivity index (χ0) is 28.6. The number of carboxylic acid groups (broad SMARTS) is 1. The summed E-state index contributed by atoms with van der Waals surface area (Å²) >= 11 is 0. The summed E-state index contributed by atoms with van der Waals surface area (Å²) in [6, 6.07) is 19.7. The summed E-state index contributed by atoms with van der Waals surface area (Å²) in [6.07, 6.45) is -0.0563. The van der Waals surface area contributed by atoms with Crippen LogP contribution >= 0.6 is 0 Å². The standard InChI is InChI=1S/C29H28N4O7/c34-17-23(28(38)39)31-25(35)22(15-18-9-3-1-4-10-18)30-26(36)24(16-19-11-5-2-6-12-19)33-27(37)20-13-7-8-14-21(20)32-29(33)40/h1-14,22-24,34H,15-17H2,(H,30,36)(H,31,35)(H,32,40)(H,38,39). The van der Waals surface area contributed by atoms with Crippen LogP contribution in [0.1, 0.15) is 17.2 Å². The van der Waals surface area contributed by atoms with E-state index < -0.39 is 53.8 Å². The second kappa shape index (κ2) is 12.7. The fourth-order valence-corrected chi connectivity index (χ4v) is 4.38. The van der Waals surface area contributed by atoms with Crippen molar-refractivity contribution in [2.75, 3.05) is 6.61 Å². The first-order chi connectivity index (χ1) is 19.3. The molecule has 206 valence electrons. The highest BCUT2D eigenvalue weighted by Crippen LogP contribution is 2.15. The average molecular weight is 545 g/mol. The third-order valence-electron chi connectivity index (χ3n) is 6.44. The summed E-state index contributed by atoms with van der Waals surface area (Å²) in [7, 11) is 0. The van der Waals surface area contributed by atoms with E-state index in [1.54, 1.807) is 78.9 Å². The molecule has 0 aliphatic rings. The largest absolute Gasteiger partial charge is 0.480 e. The Morgan fingerprint density at radius 1 is 0.750 bits per heavy atom. The van der Waals surface area contributed by atoms with Crippen molar-refractivity contribution < 1.29 is 24.6 Å². The molecule has 0 spiro atoms. The lowest BCUT2D eigenvalue weighted by Crippen LogP contribution is -2.55. The summed E-state index contributed by atoms with van der Waals surface area (Å²) < 4.78 is 0.829. The molecule has 0 saturated heterocycles. The van der Waals surface area contributed by atoms with Gasteiger partial charge in [-0.25, -0.2) is 14.2 Å². The van der Waals surface area contributed by atoms with Gasteiger partial charge in [0.1, 0.15) is 18.1 Å². The molecular formula is C29H28N4O7. The van der Waals surface area contributed by atoms with Crippen molar-refractivity contribution >= 4 is 28.7 Å². The van der Waals surface area contributed by atoms with Gasteiger partial charge in [0.25, 0.3) is 5.56 Å². The molecule has 5 N–H and O–H groups in total. The van der Waals surface area contributed by atoms with Crippen molar-refractivity contribution in [1.29, 1.82) is 0 Å². The molecule has 0 bridgehead atoms. The molecule has 3 aromatic carbocycles. The first kappa shape index (κ1) is 28.0. The number of aromatic nitrogens is 2. The van der Waals surface area contributed by atoms with Gasteiger partial charge in [-0.2, -0.15) is 0 Å². The van der Waals surface area contributed by atoms with Crippen LogP contribution in [0.5, 0.6) is 0 Å². The number of aliphatic hydroxyl groups excluding tert-OH is 1. The van der Waals surface area contributed by atoms with Gasteiger partial charge in [0.15, 0.2) is 0 Å². The summed E-state index contributed by atoms with van der Waals surface area (Å²) in [4.78, 5) is 67.6. The number of H-pyrrole nitrogens is 1. The van der Waals surface area contributed by atoms with Gasteiger partial charge in [0, 0.05) is 12.8 Å².